The van der Waals surface area contributed by atoms with Gasteiger partial charge in [-0.3, -0.25) is 4.79 Å². The van der Waals surface area contributed by atoms with Crippen molar-refractivity contribution in [3.63, 3.8) is 0 Å². The van der Waals surface area contributed by atoms with Crippen LogP contribution in [0.25, 0.3) is 0 Å². The molecule has 0 heterocycles. The van der Waals surface area contributed by atoms with E-state index in [1.165, 1.54) is 0 Å². The second-order valence-electron chi connectivity index (χ2n) is 4.73. The Morgan fingerprint density at radius 1 is 1.44 bits per heavy atom. The first-order valence-electron chi connectivity index (χ1n) is 6.29. The van der Waals surface area contributed by atoms with Crippen LogP contribution in [0, 0.1) is 16.4 Å². The molecule has 1 unspecified atom stereocenters. The molecular weight excluding hydrogens is 339 g/mol. The molecule has 1 aromatic carbocycles. The second-order valence-corrected chi connectivity index (χ2v) is 5.97. The summed E-state index contributed by atoms with van der Waals surface area (Å²) in [4.78, 5) is 11.8. The van der Waals surface area contributed by atoms with Gasteiger partial charge in [-0.2, -0.15) is 0 Å². The number of rotatable bonds is 6. The Kier molecular flexibility index (Phi) is 6.63. The minimum absolute atomic E-state index is 0.0870. The Morgan fingerprint density at radius 2 is 2.17 bits per heavy atom. The lowest BCUT2D eigenvalue weighted by Gasteiger charge is -2.11. The van der Waals surface area contributed by atoms with Gasteiger partial charge in [-0.25, -0.2) is 0 Å². The van der Waals surface area contributed by atoms with E-state index in [1.54, 1.807) is 0 Å². The zero-order chi connectivity index (χ0) is 13.5. The van der Waals surface area contributed by atoms with E-state index in [2.05, 4.69) is 34.8 Å². The van der Waals surface area contributed by atoms with E-state index >= 15 is 0 Å². The number of hydrogen-bond donors (Lipinski definition) is 2. The lowest BCUT2D eigenvalue weighted by atomic mass is 10.0. The van der Waals surface area contributed by atoms with Gasteiger partial charge in [0.15, 0.2) is 0 Å². The molecule has 18 heavy (non-hydrogen) atoms. The molecular formula is C14H21IN2O. The summed E-state index contributed by atoms with van der Waals surface area (Å²) in [7, 11) is 0. The number of nitrogens with two attached hydrogens (primary N) is 1. The topological polar surface area (TPSA) is 55.1 Å². The van der Waals surface area contributed by atoms with Gasteiger partial charge in [0.05, 0.1) is 0 Å². The number of benzene rings is 1. The van der Waals surface area contributed by atoms with Crippen molar-refractivity contribution in [2.75, 3.05) is 11.9 Å². The lowest BCUT2D eigenvalue weighted by molar-refractivity contribution is -0.116. The van der Waals surface area contributed by atoms with Gasteiger partial charge in [-0.05, 0) is 72.5 Å². The molecule has 1 rings (SSSR count). The van der Waals surface area contributed by atoms with Crippen molar-refractivity contribution in [1.82, 2.24) is 0 Å². The summed E-state index contributed by atoms with van der Waals surface area (Å²) in [6.07, 6.45) is 2.44. The van der Waals surface area contributed by atoms with E-state index < -0.39 is 0 Å². The Bertz CT molecular complexity index is 407. The fourth-order valence-corrected chi connectivity index (χ4v) is 2.24. The average Bonchev–Trinajstić information content (AvgIpc) is 2.32. The van der Waals surface area contributed by atoms with Gasteiger partial charge in [0, 0.05) is 15.7 Å². The molecule has 0 spiro atoms. The van der Waals surface area contributed by atoms with E-state index in [-0.39, 0.29) is 5.91 Å². The minimum Gasteiger partial charge on any atom is -0.330 e. The van der Waals surface area contributed by atoms with Gasteiger partial charge in [0.25, 0.3) is 0 Å². The highest BCUT2D eigenvalue weighted by Gasteiger charge is 2.08. The molecule has 100 valence electrons. The van der Waals surface area contributed by atoms with Crippen LogP contribution in [0.15, 0.2) is 18.2 Å². The smallest absolute Gasteiger partial charge is 0.224 e. The van der Waals surface area contributed by atoms with Crippen molar-refractivity contribution < 1.29 is 4.79 Å². The molecule has 3 N–H and O–H groups in total. The second kappa shape index (κ2) is 7.74. The standard InChI is InChI=1S/C14H21IN2O/c1-10(7-8-16)3-6-14(18)17-13-9-12(15)5-4-11(13)2/h4-5,9-10H,3,6-8,16H2,1-2H3,(H,17,18). The van der Waals surface area contributed by atoms with Crippen molar-refractivity contribution in [2.45, 2.75) is 33.1 Å². The van der Waals surface area contributed by atoms with Gasteiger partial charge in [-0.1, -0.05) is 13.0 Å². The third kappa shape index (κ3) is 5.35. The molecule has 0 bridgehead atoms. The molecule has 4 heteroatoms. The minimum atomic E-state index is 0.0870. The van der Waals surface area contributed by atoms with Crippen LogP contribution >= 0.6 is 22.6 Å². The zero-order valence-corrected chi connectivity index (χ0v) is 13.2. The van der Waals surface area contributed by atoms with Gasteiger partial charge in [0.2, 0.25) is 5.91 Å². The first-order valence-corrected chi connectivity index (χ1v) is 7.37. The van der Waals surface area contributed by atoms with Crippen LogP contribution in [-0.2, 0) is 4.79 Å². The maximum Gasteiger partial charge on any atom is 0.224 e. The summed E-state index contributed by atoms with van der Waals surface area (Å²) in [6, 6.07) is 6.06. The number of nitrogens with one attached hydrogen (secondary N) is 1. The van der Waals surface area contributed by atoms with Crippen LogP contribution in [0.3, 0.4) is 0 Å². The Hall–Kier alpha value is -0.620. The van der Waals surface area contributed by atoms with Crippen molar-refractivity contribution in [3.8, 4) is 0 Å². The Labute approximate surface area is 123 Å². The van der Waals surface area contributed by atoms with Crippen molar-refractivity contribution in [2.24, 2.45) is 11.7 Å². The van der Waals surface area contributed by atoms with Gasteiger partial charge >= 0.3 is 0 Å². The number of anilines is 1. The maximum atomic E-state index is 11.8. The van der Waals surface area contributed by atoms with Crippen molar-refractivity contribution in [3.05, 3.63) is 27.3 Å². The summed E-state index contributed by atoms with van der Waals surface area (Å²) in [5.74, 6) is 0.599. The van der Waals surface area contributed by atoms with E-state index in [9.17, 15) is 4.79 Å². The Balaban J connectivity index is 2.47. The predicted octanol–water partition coefficient (Wildman–Crippen LogP) is 3.30. The molecule has 0 fully saturated rings. The monoisotopic (exact) mass is 360 g/mol. The van der Waals surface area contributed by atoms with Gasteiger partial charge in [-0.15, -0.1) is 0 Å². The van der Waals surface area contributed by atoms with E-state index in [0.717, 1.165) is 27.7 Å². The van der Waals surface area contributed by atoms with Crippen molar-refractivity contribution in [1.29, 1.82) is 0 Å². The number of aryl methyl sites for hydroxylation is 1. The summed E-state index contributed by atoms with van der Waals surface area (Å²) in [6.45, 7) is 4.83. The number of carbonyl (C=O) groups excluding carboxylic acids is 1. The third-order valence-electron chi connectivity index (χ3n) is 3.00. The zero-order valence-electron chi connectivity index (χ0n) is 11.0. The summed E-state index contributed by atoms with van der Waals surface area (Å²) < 4.78 is 1.13. The fourth-order valence-electron chi connectivity index (χ4n) is 1.75. The van der Waals surface area contributed by atoms with Crippen LogP contribution < -0.4 is 11.1 Å². The number of hydrogen-bond acceptors (Lipinski definition) is 2. The summed E-state index contributed by atoms with van der Waals surface area (Å²) >= 11 is 2.25. The normalized spacial score (nSPS) is 12.2. The Morgan fingerprint density at radius 3 is 2.83 bits per heavy atom. The molecule has 1 aromatic rings. The summed E-state index contributed by atoms with van der Waals surface area (Å²) in [5, 5.41) is 2.97. The predicted molar refractivity (Wildman–Crippen MR) is 84.6 cm³/mol. The molecule has 0 aliphatic rings. The van der Waals surface area contributed by atoms with Crippen LogP contribution in [0.4, 0.5) is 5.69 Å². The largest absolute Gasteiger partial charge is 0.330 e. The fraction of sp³-hybridized carbons (Fsp3) is 0.500. The van der Waals surface area contributed by atoms with Gasteiger partial charge < -0.3 is 11.1 Å². The van der Waals surface area contributed by atoms with Crippen LogP contribution in [0.5, 0.6) is 0 Å². The maximum absolute atomic E-state index is 11.8. The molecule has 0 aliphatic carbocycles. The molecule has 0 aromatic heterocycles. The van der Waals surface area contributed by atoms with Crippen molar-refractivity contribution >= 4 is 34.2 Å². The number of carbonyl (C=O) groups is 1. The molecule has 0 saturated heterocycles. The van der Waals surface area contributed by atoms with E-state index in [1.807, 2.05) is 25.1 Å². The molecule has 1 atom stereocenters. The molecule has 3 nitrogen and oxygen atoms in total. The third-order valence-corrected chi connectivity index (χ3v) is 3.67. The quantitative estimate of drug-likeness (QED) is 0.765. The summed E-state index contributed by atoms with van der Waals surface area (Å²) in [5.41, 5.74) is 7.51. The first kappa shape index (κ1) is 15.4. The lowest BCUT2D eigenvalue weighted by Crippen LogP contribution is -2.14. The first-order chi connectivity index (χ1) is 8.52. The molecule has 0 saturated carbocycles. The number of halogens is 1. The van der Waals surface area contributed by atoms with Crippen LogP contribution in [0.2, 0.25) is 0 Å². The average molecular weight is 360 g/mol. The molecule has 0 radical (unpaired) electrons. The molecule has 0 aliphatic heterocycles. The highest BCUT2D eigenvalue weighted by atomic mass is 127. The van der Waals surface area contributed by atoms with Crippen LogP contribution in [-0.4, -0.2) is 12.5 Å². The highest BCUT2D eigenvalue weighted by Crippen LogP contribution is 2.19. The van der Waals surface area contributed by atoms with Crippen LogP contribution in [0.1, 0.15) is 31.7 Å². The molecule has 1 amide bonds. The van der Waals surface area contributed by atoms with E-state index in [4.69, 9.17) is 5.73 Å². The van der Waals surface area contributed by atoms with Gasteiger partial charge in [0.1, 0.15) is 0 Å². The van der Waals surface area contributed by atoms with E-state index in [0.29, 0.717) is 18.9 Å². The SMILES string of the molecule is Cc1ccc(I)cc1NC(=O)CCC(C)CCN. The number of amides is 1. The highest BCUT2D eigenvalue weighted by molar-refractivity contribution is 14.1.